The van der Waals surface area contributed by atoms with Crippen molar-refractivity contribution in [3.8, 4) is 0 Å². The fourth-order valence-corrected chi connectivity index (χ4v) is 5.77. The smallest absolute Gasteiger partial charge is 0.214 e. The van der Waals surface area contributed by atoms with Gasteiger partial charge in [-0.3, -0.25) is 4.90 Å². The highest BCUT2D eigenvalue weighted by Gasteiger charge is 2.32. The summed E-state index contributed by atoms with van der Waals surface area (Å²) in [4.78, 5) is 4.91. The fourth-order valence-electron chi connectivity index (χ4n) is 3.98. The third-order valence-corrected chi connectivity index (χ3v) is 7.63. The van der Waals surface area contributed by atoms with Crippen molar-refractivity contribution in [1.29, 1.82) is 0 Å². The monoisotopic (exact) mass is 345 g/mol. The van der Waals surface area contributed by atoms with Crippen LogP contribution in [-0.4, -0.2) is 93.8 Å². The number of nitrogens with zero attached hydrogens (tertiary/aromatic N) is 3. The maximum Gasteiger partial charge on any atom is 0.214 e. The number of hydrogen-bond donors (Lipinski definition) is 0. The summed E-state index contributed by atoms with van der Waals surface area (Å²) in [5.41, 5.74) is 0. The van der Waals surface area contributed by atoms with Gasteiger partial charge in [-0.1, -0.05) is 6.42 Å². The Labute approximate surface area is 140 Å². The van der Waals surface area contributed by atoms with Gasteiger partial charge in [0.25, 0.3) is 0 Å². The first kappa shape index (κ1) is 17.6. The Hall–Kier alpha value is -0.210. The lowest BCUT2D eigenvalue weighted by Crippen LogP contribution is -2.53. The molecule has 0 unspecified atom stereocenters. The van der Waals surface area contributed by atoms with E-state index in [-0.39, 0.29) is 11.7 Å². The molecule has 3 saturated heterocycles. The summed E-state index contributed by atoms with van der Waals surface area (Å²) in [5.74, 6) is 0.451. The van der Waals surface area contributed by atoms with Crippen LogP contribution in [0.15, 0.2) is 0 Å². The van der Waals surface area contributed by atoms with Crippen LogP contribution in [0.1, 0.15) is 25.7 Å². The van der Waals surface area contributed by atoms with E-state index in [1.165, 1.54) is 25.8 Å². The molecule has 6 nitrogen and oxygen atoms in total. The molecule has 0 radical (unpaired) electrons. The van der Waals surface area contributed by atoms with Gasteiger partial charge in [0.05, 0.1) is 12.4 Å². The van der Waals surface area contributed by atoms with Crippen molar-refractivity contribution in [3.63, 3.8) is 0 Å². The van der Waals surface area contributed by atoms with E-state index in [4.69, 9.17) is 4.74 Å². The summed E-state index contributed by atoms with van der Waals surface area (Å²) < 4.78 is 32.1. The fraction of sp³-hybridized carbons (Fsp3) is 1.00. The van der Waals surface area contributed by atoms with Crippen LogP contribution < -0.4 is 0 Å². The Balaban J connectivity index is 1.45. The zero-order chi connectivity index (χ0) is 16.3. The van der Waals surface area contributed by atoms with Crippen LogP contribution in [0.2, 0.25) is 0 Å². The molecule has 3 heterocycles. The Morgan fingerprint density at radius 2 is 1.83 bits per heavy atom. The minimum atomic E-state index is -3.12. The van der Waals surface area contributed by atoms with Crippen LogP contribution in [0.25, 0.3) is 0 Å². The molecule has 0 aromatic rings. The summed E-state index contributed by atoms with van der Waals surface area (Å²) in [6.45, 7) is 6.62. The average molecular weight is 346 g/mol. The first-order valence-corrected chi connectivity index (χ1v) is 10.6. The van der Waals surface area contributed by atoms with Gasteiger partial charge in [0, 0.05) is 45.4 Å². The highest BCUT2D eigenvalue weighted by molar-refractivity contribution is 7.89. The molecule has 2 atom stereocenters. The van der Waals surface area contributed by atoms with Gasteiger partial charge in [0.2, 0.25) is 10.0 Å². The predicted molar refractivity (Wildman–Crippen MR) is 91.0 cm³/mol. The highest BCUT2D eigenvalue weighted by atomic mass is 32.2. The molecule has 0 aliphatic carbocycles. The van der Waals surface area contributed by atoms with E-state index in [1.54, 1.807) is 4.31 Å². The summed E-state index contributed by atoms with van der Waals surface area (Å²) in [7, 11) is -0.901. The Bertz CT molecular complexity index is 471. The normalized spacial score (nSPS) is 32.4. The van der Waals surface area contributed by atoms with E-state index < -0.39 is 10.0 Å². The maximum atomic E-state index is 12.5. The van der Waals surface area contributed by atoms with Crippen molar-refractivity contribution < 1.29 is 13.2 Å². The molecule has 3 rings (SSSR count). The van der Waals surface area contributed by atoms with Gasteiger partial charge in [-0.15, -0.1) is 0 Å². The van der Waals surface area contributed by atoms with Gasteiger partial charge < -0.3 is 9.64 Å². The molecule has 3 aliphatic heterocycles. The molecular weight excluding hydrogens is 314 g/mol. The SMILES string of the molecule is CN1CCCC[C@@H]1CN1CCN(S(=O)(=O)C[C@@H]2CCOC2)CC1. The highest BCUT2D eigenvalue weighted by Crippen LogP contribution is 2.20. The molecule has 0 N–H and O–H groups in total. The molecule has 0 bridgehead atoms. The second kappa shape index (κ2) is 7.78. The van der Waals surface area contributed by atoms with Gasteiger partial charge >= 0.3 is 0 Å². The van der Waals surface area contributed by atoms with E-state index in [0.29, 0.717) is 32.3 Å². The molecule has 3 fully saturated rings. The second-order valence-electron chi connectivity index (χ2n) is 7.34. The third kappa shape index (κ3) is 4.66. The zero-order valence-electron chi connectivity index (χ0n) is 14.3. The number of ether oxygens (including phenoxy) is 1. The number of sulfonamides is 1. The lowest BCUT2D eigenvalue weighted by molar-refractivity contribution is 0.106. The van der Waals surface area contributed by atoms with E-state index in [1.807, 2.05) is 0 Å². The molecule has 0 aromatic carbocycles. The lowest BCUT2D eigenvalue weighted by atomic mass is 10.0. The quantitative estimate of drug-likeness (QED) is 0.724. The first-order valence-electron chi connectivity index (χ1n) is 9.03. The molecule has 0 spiro atoms. The zero-order valence-corrected chi connectivity index (χ0v) is 15.1. The minimum Gasteiger partial charge on any atom is -0.381 e. The number of hydrogen-bond acceptors (Lipinski definition) is 5. The molecule has 0 amide bonds. The van der Waals surface area contributed by atoms with E-state index >= 15 is 0 Å². The van der Waals surface area contributed by atoms with Gasteiger partial charge in [0.1, 0.15) is 0 Å². The van der Waals surface area contributed by atoms with Crippen molar-refractivity contribution in [2.45, 2.75) is 31.7 Å². The van der Waals surface area contributed by atoms with Crippen molar-refractivity contribution >= 4 is 10.0 Å². The molecule has 23 heavy (non-hydrogen) atoms. The van der Waals surface area contributed by atoms with Gasteiger partial charge in [-0.25, -0.2) is 8.42 Å². The number of likely N-dealkylation sites (N-methyl/N-ethyl adjacent to an activating group) is 1. The Morgan fingerprint density at radius 1 is 1.04 bits per heavy atom. The third-order valence-electron chi connectivity index (χ3n) is 5.59. The molecule has 3 aliphatic rings. The predicted octanol–water partition coefficient (Wildman–Crippen LogP) is 0.455. The van der Waals surface area contributed by atoms with Crippen LogP contribution >= 0.6 is 0 Å². The Morgan fingerprint density at radius 3 is 2.48 bits per heavy atom. The first-order chi connectivity index (χ1) is 11.0. The lowest BCUT2D eigenvalue weighted by Gasteiger charge is -2.40. The second-order valence-corrected chi connectivity index (χ2v) is 9.35. The van der Waals surface area contributed by atoms with Crippen LogP contribution in [0.3, 0.4) is 0 Å². The molecule has 134 valence electrons. The summed E-state index contributed by atoms with van der Waals surface area (Å²) in [6.07, 6.45) is 4.79. The van der Waals surface area contributed by atoms with Crippen LogP contribution in [0, 0.1) is 5.92 Å². The summed E-state index contributed by atoms with van der Waals surface area (Å²) >= 11 is 0. The van der Waals surface area contributed by atoms with Crippen molar-refractivity contribution in [2.24, 2.45) is 5.92 Å². The number of likely N-dealkylation sites (tertiary alicyclic amines) is 1. The van der Waals surface area contributed by atoms with Gasteiger partial charge in [0.15, 0.2) is 0 Å². The van der Waals surface area contributed by atoms with Crippen molar-refractivity contribution in [3.05, 3.63) is 0 Å². The average Bonchev–Trinajstić information content (AvgIpc) is 3.02. The Kier molecular flexibility index (Phi) is 5.96. The summed E-state index contributed by atoms with van der Waals surface area (Å²) in [6, 6.07) is 0.641. The van der Waals surface area contributed by atoms with Crippen molar-refractivity contribution in [2.75, 3.05) is 65.3 Å². The standard InChI is InChI=1S/C16H31N3O3S/c1-17-6-3-2-4-16(17)12-18-7-9-19(10-8-18)23(20,21)14-15-5-11-22-13-15/h15-16H,2-14H2,1H3/t15-,16-/m1/s1. The van der Waals surface area contributed by atoms with E-state index in [2.05, 4.69) is 16.8 Å². The van der Waals surface area contributed by atoms with Crippen LogP contribution in [0.4, 0.5) is 0 Å². The number of piperazine rings is 1. The minimum absolute atomic E-state index is 0.189. The van der Waals surface area contributed by atoms with E-state index in [9.17, 15) is 8.42 Å². The molecule has 0 saturated carbocycles. The maximum absolute atomic E-state index is 12.5. The largest absolute Gasteiger partial charge is 0.381 e. The topological polar surface area (TPSA) is 53.1 Å². The van der Waals surface area contributed by atoms with Crippen LogP contribution in [-0.2, 0) is 14.8 Å². The number of rotatable bonds is 5. The van der Waals surface area contributed by atoms with E-state index in [0.717, 1.165) is 26.1 Å². The van der Waals surface area contributed by atoms with Crippen LogP contribution in [0.5, 0.6) is 0 Å². The molecule has 7 heteroatoms. The molecular formula is C16H31N3O3S. The number of piperidine rings is 1. The van der Waals surface area contributed by atoms with Crippen molar-refractivity contribution in [1.82, 2.24) is 14.1 Å². The van der Waals surface area contributed by atoms with Gasteiger partial charge in [-0.05, 0) is 38.8 Å². The summed E-state index contributed by atoms with van der Waals surface area (Å²) in [5, 5.41) is 0. The molecule has 0 aromatic heterocycles. The van der Waals surface area contributed by atoms with Gasteiger partial charge in [-0.2, -0.15) is 4.31 Å².